The van der Waals surface area contributed by atoms with Crippen LogP contribution in [0.2, 0.25) is 5.02 Å². The molecule has 1 fully saturated rings. The van der Waals surface area contributed by atoms with Gasteiger partial charge in [0.1, 0.15) is 17.2 Å². The Kier molecular flexibility index (Phi) is 4.51. The first-order chi connectivity index (χ1) is 11.7. The summed E-state index contributed by atoms with van der Waals surface area (Å²) >= 11 is 9.77. The lowest BCUT2D eigenvalue weighted by Crippen LogP contribution is -2.23. The SMILES string of the molecule is Clc1cccc(-c2nc3ccc(Br)cn3c2NC2CCCCC2)c1. The molecule has 2 aromatic heterocycles. The Labute approximate surface area is 155 Å². The van der Waals surface area contributed by atoms with E-state index in [4.69, 9.17) is 16.6 Å². The number of hydrogen-bond donors (Lipinski definition) is 1. The van der Waals surface area contributed by atoms with E-state index in [1.807, 2.05) is 30.3 Å². The number of imidazole rings is 1. The van der Waals surface area contributed by atoms with E-state index < -0.39 is 0 Å². The molecule has 0 saturated heterocycles. The van der Waals surface area contributed by atoms with Gasteiger partial charge in [-0.05, 0) is 53.0 Å². The predicted molar refractivity (Wildman–Crippen MR) is 104 cm³/mol. The molecule has 0 amide bonds. The number of benzene rings is 1. The fraction of sp³-hybridized carbons (Fsp3) is 0.316. The second-order valence-electron chi connectivity index (χ2n) is 6.37. The van der Waals surface area contributed by atoms with Crippen LogP contribution in [0.15, 0.2) is 47.1 Å². The number of anilines is 1. The zero-order valence-corrected chi connectivity index (χ0v) is 15.6. The van der Waals surface area contributed by atoms with Crippen molar-refractivity contribution in [1.82, 2.24) is 9.38 Å². The number of nitrogens with zero attached hydrogens (tertiary/aromatic N) is 2. The van der Waals surface area contributed by atoms with E-state index in [2.05, 4.69) is 37.9 Å². The largest absolute Gasteiger partial charge is 0.367 e. The first-order valence-corrected chi connectivity index (χ1v) is 9.58. The summed E-state index contributed by atoms with van der Waals surface area (Å²) in [7, 11) is 0. The van der Waals surface area contributed by atoms with Crippen LogP contribution in [0, 0.1) is 0 Å². The van der Waals surface area contributed by atoms with Crippen LogP contribution in [0.4, 0.5) is 5.82 Å². The monoisotopic (exact) mass is 403 g/mol. The molecule has 0 bridgehead atoms. The molecule has 1 N–H and O–H groups in total. The molecular weight excluding hydrogens is 386 g/mol. The quantitative estimate of drug-likeness (QED) is 0.566. The molecule has 24 heavy (non-hydrogen) atoms. The molecule has 4 rings (SSSR count). The highest BCUT2D eigenvalue weighted by Gasteiger charge is 2.19. The second-order valence-corrected chi connectivity index (χ2v) is 7.73. The van der Waals surface area contributed by atoms with Gasteiger partial charge in [0.25, 0.3) is 0 Å². The van der Waals surface area contributed by atoms with Gasteiger partial charge in [0, 0.05) is 27.3 Å². The summed E-state index contributed by atoms with van der Waals surface area (Å²) in [5, 5.41) is 4.49. The van der Waals surface area contributed by atoms with Crippen molar-refractivity contribution in [3.05, 3.63) is 52.1 Å². The van der Waals surface area contributed by atoms with Gasteiger partial charge in [-0.25, -0.2) is 4.98 Å². The number of rotatable bonds is 3. The summed E-state index contributed by atoms with van der Waals surface area (Å²) in [6, 6.07) is 12.5. The number of nitrogens with one attached hydrogen (secondary N) is 1. The van der Waals surface area contributed by atoms with Crippen LogP contribution in [-0.2, 0) is 0 Å². The van der Waals surface area contributed by atoms with Crippen molar-refractivity contribution in [1.29, 1.82) is 0 Å². The number of aromatic nitrogens is 2. The van der Waals surface area contributed by atoms with Gasteiger partial charge in [0.2, 0.25) is 0 Å². The van der Waals surface area contributed by atoms with Crippen LogP contribution in [0.3, 0.4) is 0 Å². The van der Waals surface area contributed by atoms with Crippen molar-refractivity contribution in [2.45, 2.75) is 38.1 Å². The molecule has 1 saturated carbocycles. The van der Waals surface area contributed by atoms with E-state index in [1.54, 1.807) is 0 Å². The molecular formula is C19H19BrClN3. The molecule has 0 unspecified atom stereocenters. The van der Waals surface area contributed by atoms with Gasteiger partial charge in [0.05, 0.1) is 0 Å². The topological polar surface area (TPSA) is 29.3 Å². The van der Waals surface area contributed by atoms with Crippen LogP contribution >= 0.6 is 27.5 Å². The Hall–Kier alpha value is -1.52. The fourth-order valence-electron chi connectivity index (χ4n) is 3.43. The Morgan fingerprint density at radius 2 is 1.96 bits per heavy atom. The van der Waals surface area contributed by atoms with E-state index in [-0.39, 0.29) is 0 Å². The zero-order chi connectivity index (χ0) is 16.5. The fourth-order valence-corrected chi connectivity index (χ4v) is 3.96. The van der Waals surface area contributed by atoms with Crippen LogP contribution in [0.25, 0.3) is 16.9 Å². The lowest BCUT2D eigenvalue weighted by molar-refractivity contribution is 0.462. The maximum absolute atomic E-state index is 6.20. The Morgan fingerprint density at radius 1 is 1.12 bits per heavy atom. The van der Waals surface area contributed by atoms with E-state index in [9.17, 15) is 0 Å². The summed E-state index contributed by atoms with van der Waals surface area (Å²) in [5.41, 5.74) is 2.94. The predicted octanol–water partition coefficient (Wildman–Crippen LogP) is 6.16. The third-order valence-electron chi connectivity index (χ3n) is 4.63. The highest BCUT2D eigenvalue weighted by atomic mass is 79.9. The maximum Gasteiger partial charge on any atom is 0.139 e. The first-order valence-electron chi connectivity index (χ1n) is 8.41. The minimum Gasteiger partial charge on any atom is -0.367 e. The van der Waals surface area contributed by atoms with Crippen molar-refractivity contribution >= 4 is 39.0 Å². The third kappa shape index (κ3) is 3.17. The lowest BCUT2D eigenvalue weighted by Gasteiger charge is -2.24. The van der Waals surface area contributed by atoms with Crippen molar-refractivity contribution < 1.29 is 0 Å². The van der Waals surface area contributed by atoms with Crippen LogP contribution in [0.5, 0.6) is 0 Å². The van der Waals surface area contributed by atoms with Gasteiger partial charge < -0.3 is 5.32 Å². The van der Waals surface area contributed by atoms with Crippen LogP contribution < -0.4 is 5.32 Å². The van der Waals surface area contributed by atoms with E-state index in [1.165, 1.54) is 32.1 Å². The lowest BCUT2D eigenvalue weighted by atomic mass is 9.95. The van der Waals surface area contributed by atoms with Crippen molar-refractivity contribution in [3.8, 4) is 11.3 Å². The van der Waals surface area contributed by atoms with Gasteiger partial charge in [-0.3, -0.25) is 4.40 Å². The van der Waals surface area contributed by atoms with Crippen molar-refractivity contribution in [2.75, 3.05) is 5.32 Å². The molecule has 124 valence electrons. The number of halogens is 2. The normalized spacial score (nSPS) is 15.8. The first kappa shape index (κ1) is 16.0. The molecule has 5 heteroatoms. The zero-order valence-electron chi connectivity index (χ0n) is 13.3. The highest BCUT2D eigenvalue weighted by molar-refractivity contribution is 9.10. The second kappa shape index (κ2) is 6.77. The summed E-state index contributed by atoms with van der Waals surface area (Å²) in [6.07, 6.45) is 8.45. The molecule has 1 aromatic carbocycles. The average molecular weight is 405 g/mol. The van der Waals surface area contributed by atoms with Gasteiger partial charge in [-0.2, -0.15) is 0 Å². The van der Waals surface area contributed by atoms with Gasteiger partial charge in [0.15, 0.2) is 0 Å². The number of hydrogen-bond acceptors (Lipinski definition) is 2. The highest BCUT2D eigenvalue weighted by Crippen LogP contribution is 2.33. The molecule has 0 atom stereocenters. The summed E-state index contributed by atoms with van der Waals surface area (Å²) in [6.45, 7) is 0. The Bertz CT molecular complexity index is 868. The number of pyridine rings is 1. The summed E-state index contributed by atoms with van der Waals surface area (Å²) in [4.78, 5) is 4.85. The van der Waals surface area contributed by atoms with E-state index >= 15 is 0 Å². The molecule has 0 aliphatic heterocycles. The summed E-state index contributed by atoms with van der Waals surface area (Å²) in [5.74, 6) is 1.06. The average Bonchev–Trinajstić information content (AvgIpc) is 2.94. The molecule has 1 aliphatic rings. The maximum atomic E-state index is 6.20. The minimum atomic E-state index is 0.510. The van der Waals surface area contributed by atoms with Gasteiger partial charge >= 0.3 is 0 Å². The molecule has 3 aromatic rings. The third-order valence-corrected chi connectivity index (χ3v) is 5.33. The summed E-state index contributed by atoms with van der Waals surface area (Å²) < 4.78 is 3.17. The van der Waals surface area contributed by atoms with Crippen molar-refractivity contribution in [2.24, 2.45) is 0 Å². The van der Waals surface area contributed by atoms with Crippen LogP contribution in [0.1, 0.15) is 32.1 Å². The molecule has 0 radical (unpaired) electrons. The molecule has 0 spiro atoms. The van der Waals surface area contributed by atoms with Gasteiger partial charge in [-0.1, -0.05) is 43.0 Å². The van der Waals surface area contributed by atoms with Gasteiger partial charge in [-0.15, -0.1) is 0 Å². The standard InChI is InChI=1S/C19H19BrClN3/c20-14-9-10-17-23-18(13-5-4-6-15(21)11-13)19(24(17)12-14)22-16-7-2-1-3-8-16/h4-6,9-12,16,22H,1-3,7-8H2. The molecule has 2 heterocycles. The number of fused-ring (bicyclic) bond motifs is 1. The van der Waals surface area contributed by atoms with Crippen LogP contribution in [-0.4, -0.2) is 15.4 Å². The molecule has 3 nitrogen and oxygen atoms in total. The Balaban J connectivity index is 1.83. The van der Waals surface area contributed by atoms with E-state index in [0.717, 1.165) is 32.2 Å². The van der Waals surface area contributed by atoms with Crippen molar-refractivity contribution in [3.63, 3.8) is 0 Å². The molecule has 1 aliphatic carbocycles. The smallest absolute Gasteiger partial charge is 0.139 e. The Morgan fingerprint density at radius 3 is 2.75 bits per heavy atom. The minimum absolute atomic E-state index is 0.510. The van der Waals surface area contributed by atoms with E-state index in [0.29, 0.717) is 6.04 Å².